The fraction of sp³-hybridized carbons (Fsp3) is 0.500. The van der Waals surface area contributed by atoms with Crippen molar-refractivity contribution >= 4 is 11.8 Å². The molecule has 0 aromatic carbocycles. The van der Waals surface area contributed by atoms with Crippen LogP contribution in [0, 0.1) is 0 Å². The van der Waals surface area contributed by atoms with E-state index in [0.29, 0.717) is 0 Å². The fourth-order valence-corrected chi connectivity index (χ4v) is 2.00. The first-order chi connectivity index (χ1) is 8.25. The number of hydrogen-bond donors (Lipinski definition) is 2. The smallest absolute Gasteiger partial charge is 0.287 e. The highest BCUT2D eigenvalue weighted by Gasteiger charge is 2.17. The van der Waals surface area contributed by atoms with Gasteiger partial charge >= 0.3 is 0 Å². The van der Waals surface area contributed by atoms with E-state index in [-0.39, 0.29) is 30.2 Å². The molecule has 1 saturated carbocycles. The predicted octanol–water partition coefficient (Wildman–Crippen LogP) is 1.07. The Bertz CT molecular complexity index is 380. The molecule has 1 aromatic rings. The maximum absolute atomic E-state index is 11.5. The summed E-state index contributed by atoms with van der Waals surface area (Å²) >= 11 is 0. The van der Waals surface area contributed by atoms with E-state index in [0.717, 1.165) is 12.8 Å². The number of carbonyl (C=O) groups is 2. The van der Waals surface area contributed by atoms with Crippen LogP contribution in [0.15, 0.2) is 22.8 Å². The van der Waals surface area contributed by atoms with E-state index in [1.165, 1.54) is 19.1 Å². The van der Waals surface area contributed by atoms with Crippen LogP contribution >= 0.6 is 0 Å². The Hall–Kier alpha value is -1.78. The van der Waals surface area contributed by atoms with Crippen LogP contribution in [0.2, 0.25) is 0 Å². The summed E-state index contributed by atoms with van der Waals surface area (Å²) in [6, 6.07) is 3.47. The number of hydrogen-bond acceptors (Lipinski definition) is 3. The normalized spacial score (nSPS) is 15.8. The number of nitrogens with one attached hydrogen (secondary N) is 2. The highest BCUT2D eigenvalue weighted by Crippen LogP contribution is 2.17. The van der Waals surface area contributed by atoms with Crippen LogP contribution in [0.25, 0.3) is 0 Å². The SMILES string of the molecule is O=C(CNC(=O)c1ccco1)NC1CCCC1. The molecule has 0 saturated heterocycles. The zero-order valence-corrected chi connectivity index (χ0v) is 9.57. The minimum Gasteiger partial charge on any atom is -0.459 e. The number of furan rings is 1. The van der Waals surface area contributed by atoms with Gasteiger partial charge in [-0.3, -0.25) is 9.59 Å². The monoisotopic (exact) mass is 236 g/mol. The topological polar surface area (TPSA) is 71.3 Å². The van der Waals surface area contributed by atoms with Crippen molar-refractivity contribution in [1.82, 2.24) is 10.6 Å². The van der Waals surface area contributed by atoms with Crippen molar-refractivity contribution in [3.63, 3.8) is 0 Å². The maximum atomic E-state index is 11.5. The minimum atomic E-state index is -0.364. The molecule has 1 aliphatic rings. The third-order valence-corrected chi connectivity index (χ3v) is 2.87. The second-order valence-corrected chi connectivity index (χ2v) is 4.21. The lowest BCUT2D eigenvalue weighted by atomic mass is 10.2. The van der Waals surface area contributed by atoms with Crippen LogP contribution in [0.1, 0.15) is 36.2 Å². The van der Waals surface area contributed by atoms with E-state index in [9.17, 15) is 9.59 Å². The first-order valence-electron chi connectivity index (χ1n) is 5.87. The summed E-state index contributed by atoms with van der Waals surface area (Å²) in [5.41, 5.74) is 0. The molecule has 1 aromatic heterocycles. The van der Waals surface area contributed by atoms with Gasteiger partial charge in [0.15, 0.2) is 5.76 Å². The number of amides is 2. The lowest BCUT2D eigenvalue weighted by Crippen LogP contribution is -2.40. The van der Waals surface area contributed by atoms with Crippen molar-refractivity contribution in [1.29, 1.82) is 0 Å². The molecular weight excluding hydrogens is 220 g/mol. The molecule has 0 atom stereocenters. The Labute approximate surface area is 99.6 Å². The van der Waals surface area contributed by atoms with Crippen molar-refractivity contribution in [2.45, 2.75) is 31.7 Å². The fourth-order valence-electron chi connectivity index (χ4n) is 2.00. The molecule has 5 heteroatoms. The van der Waals surface area contributed by atoms with Gasteiger partial charge in [-0.2, -0.15) is 0 Å². The third-order valence-electron chi connectivity index (χ3n) is 2.87. The molecule has 0 unspecified atom stereocenters. The van der Waals surface area contributed by atoms with Crippen molar-refractivity contribution < 1.29 is 14.0 Å². The largest absolute Gasteiger partial charge is 0.459 e. The summed E-state index contributed by atoms with van der Waals surface area (Å²) in [6.07, 6.45) is 5.84. The van der Waals surface area contributed by atoms with Crippen molar-refractivity contribution in [3.8, 4) is 0 Å². The van der Waals surface area contributed by atoms with Crippen LogP contribution < -0.4 is 10.6 Å². The second-order valence-electron chi connectivity index (χ2n) is 4.21. The van der Waals surface area contributed by atoms with Crippen LogP contribution in [-0.2, 0) is 4.79 Å². The van der Waals surface area contributed by atoms with Crippen LogP contribution in [0.5, 0.6) is 0 Å². The van der Waals surface area contributed by atoms with Crippen LogP contribution in [0.4, 0.5) is 0 Å². The number of rotatable bonds is 4. The van der Waals surface area contributed by atoms with Gasteiger partial charge in [-0.15, -0.1) is 0 Å². The first-order valence-corrected chi connectivity index (χ1v) is 5.87. The predicted molar refractivity (Wildman–Crippen MR) is 61.4 cm³/mol. The van der Waals surface area contributed by atoms with Gasteiger partial charge in [0.2, 0.25) is 5.91 Å². The second kappa shape index (κ2) is 5.52. The lowest BCUT2D eigenvalue weighted by Gasteiger charge is -2.11. The Morgan fingerprint density at radius 2 is 2.12 bits per heavy atom. The molecule has 1 heterocycles. The average Bonchev–Trinajstić information content (AvgIpc) is 2.97. The van der Waals surface area contributed by atoms with Gasteiger partial charge in [0.25, 0.3) is 5.91 Å². The van der Waals surface area contributed by atoms with E-state index in [2.05, 4.69) is 10.6 Å². The van der Waals surface area contributed by atoms with E-state index in [4.69, 9.17) is 4.42 Å². The number of carbonyl (C=O) groups excluding carboxylic acids is 2. The summed E-state index contributed by atoms with van der Waals surface area (Å²) in [5.74, 6) is -0.285. The van der Waals surface area contributed by atoms with Gasteiger partial charge in [0.1, 0.15) is 0 Å². The summed E-state index contributed by atoms with van der Waals surface area (Å²) < 4.78 is 4.92. The molecule has 0 bridgehead atoms. The van der Waals surface area contributed by atoms with E-state index in [1.807, 2.05) is 0 Å². The summed E-state index contributed by atoms with van der Waals surface area (Å²) in [5, 5.41) is 5.41. The highest BCUT2D eigenvalue weighted by atomic mass is 16.3. The molecule has 17 heavy (non-hydrogen) atoms. The summed E-state index contributed by atoms with van der Waals surface area (Å²) in [4.78, 5) is 23.0. The van der Waals surface area contributed by atoms with Crippen LogP contribution in [0.3, 0.4) is 0 Å². The summed E-state index contributed by atoms with van der Waals surface area (Å²) in [6.45, 7) is -0.00394. The average molecular weight is 236 g/mol. The maximum Gasteiger partial charge on any atom is 0.287 e. The Kier molecular flexibility index (Phi) is 3.80. The standard InChI is InChI=1S/C12H16N2O3/c15-11(14-9-4-1-2-5-9)8-13-12(16)10-6-3-7-17-10/h3,6-7,9H,1-2,4-5,8H2,(H,13,16)(H,14,15). The zero-order valence-electron chi connectivity index (χ0n) is 9.57. The first kappa shape index (κ1) is 11.7. The molecule has 2 amide bonds. The van der Waals surface area contributed by atoms with Gasteiger partial charge in [-0.1, -0.05) is 12.8 Å². The molecule has 2 rings (SSSR count). The van der Waals surface area contributed by atoms with Gasteiger partial charge in [-0.25, -0.2) is 0 Å². The Morgan fingerprint density at radius 3 is 2.76 bits per heavy atom. The third kappa shape index (κ3) is 3.34. The quantitative estimate of drug-likeness (QED) is 0.821. The van der Waals surface area contributed by atoms with Crippen molar-refractivity contribution in [3.05, 3.63) is 24.2 Å². The molecule has 1 fully saturated rings. The Balaban J connectivity index is 1.70. The van der Waals surface area contributed by atoms with Crippen molar-refractivity contribution in [2.75, 3.05) is 6.54 Å². The van der Waals surface area contributed by atoms with Crippen LogP contribution in [-0.4, -0.2) is 24.4 Å². The lowest BCUT2D eigenvalue weighted by molar-refractivity contribution is -0.120. The molecule has 0 aliphatic heterocycles. The van der Waals surface area contributed by atoms with Gasteiger partial charge in [0, 0.05) is 6.04 Å². The van der Waals surface area contributed by atoms with E-state index >= 15 is 0 Å². The summed E-state index contributed by atoms with van der Waals surface area (Å²) in [7, 11) is 0. The van der Waals surface area contributed by atoms with E-state index in [1.54, 1.807) is 12.1 Å². The highest BCUT2D eigenvalue weighted by molar-refractivity contribution is 5.94. The minimum absolute atomic E-state index is 0.00394. The van der Waals surface area contributed by atoms with Gasteiger partial charge in [0.05, 0.1) is 12.8 Å². The molecule has 1 aliphatic carbocycles. The molecule has 0 radical (unpaired) electrons. The molecule has 92 valence electrons. The van der Waals surface area contributed by atoms with Gasteiger partial charge in [-0.05, 0) is 25.0 Å². The molecule has 5 nitrogen and oxygen atoms in total. The molecule has 0 spiro atoms. The molecular formula is C12H16N2O3. The Morgan fingerprint density at radius 1 is 1.35 bits per heavy atom. The van der Waals surface area contributed by atoms with Crippen molar-refractivity contribution in [2.24, 2.45) is 0 Å². The van der Waals surface area contributed by atoms with Gasteiger partial charge < -0.3 is 15.1 Å². The zero-order chi connectivity index (χ0) is 12.1. The molecule has 2 N–H and O–H groups in total. The van der Waals surface area contributed by atoms with E-state index < -0.39 is 0 Å².